The lowest BCUT2D eigenvalue weighted by Crippen LogP contribution is -2.10. The summed E-state index contributed by atoms with van der Waals surface area (Å²) in [6, 6.07) is 0. The van der Waals surface area contributed by atoms with Gasteiger partial charge >= 0.3 is 0 Å². The van der Waals surface area contributed by atoms with E-state index < -0.39 is 0 Å². The Hall–Kier alpha value is -1.49. The highest BCUT2D eigenvalue weighted by atomic mass is 16.5. The first-order valence-corrected chi connectivity index (χ1v) is 5.99. The standard InChI is InChI=1S/C12H18N4O/c1-4-5-6-17-10(3)16-8-15-11-9(2)13-7-14-12(11)16/h7-8,10H,4-6H2,1-3H3. The van der Waals surface area contributed by atoms with Crippen LogP contribution in [0.1, 0.15) is 38.6 Å². The van der Waals surface area contributed by atoms with E-state index in [4.69, 9.17) is 4.74 Å². The van der Waals surface area contributed by atoms with Crippen LogP contribution < -0.4 is 0 Å². The Morgan fingerprint density at radius 3 is 2.94 bits per heavy atom. The Morgan fingerprint density at radius 2 is 2.18 bits per heavy atom. The molecule has 92 valence electrons. The van der Waals surface area contributed by atoms with Gasteiger partial charge in [0.15, 0.2) is 5.65 Å². The normalized spacial score (nSPS) is 13.1. The summed E-state index contributed by atoms with van der Waals surface area (Å²) in [5, 5.41) is 0. The average molecular weight is 234 g/mol. The Balaban J connectivity index is 2.21. The third-order valence-corrected chi connectivity index (χ3v) is 2.79. The second kappa shape index (κ2) is 5.23. The Bertz CT molecular complexity index is 494. The largest absolute Gasteiger partial charge is 0.358 e. The second-order valence-corrected chi connectivity index (χ2v) is 4.11. The number of unbranched alkanes of at least 4 members (excludes halogenated alkanes) is 1. The molecule has 1 unspecified atom stereocenters. The monoisotopic (exact) mass is 234 g/mol. The van der Waals surface area contributed by atoms with E-state index in [2.05, 4.69) is 21.9 Å². The lowest BCUT2D eigenvalue weighted by atomic mass is 10.4. The Kier molecular flexibility index (Phi) is 3.68. The van der Waals surface area contributed by atoms with Crippen LogP contribution in [0.4, 0.5) is 0 Å². The Morgan fingerprint density at radius 1 is 1.35 bits per heavy atom. The fourth-order valence-corrected chi connectivity index (χ4v) is 1.71. The number of rotatable bonds is 5. The molecular weight excluding hydrogens is 216 g/mol. The SMILES string of the molecule is CCCCOC(C)n1cnc2c(C)ncnc21. The fourth-order valence-electron chi connectivity index (χ4n) is 1.71. The van der Waals surface area contributed by atoms with Crippen LogP contribution in [0.15, 0.2) is 12.7 Å². The summed E-state index contributed by atoms with van der Waals surface area (Å²) in [4.78, 5) is 12.7. The van der Waals surface area contributed by atoms with Crippen molar-refractivity contribution in [1.29, 1.82) is 0 Å². The molecule has 2 aromatic rings. The third kappa shape index (κ3) is 2.44. The molecule has 0 radical (unpaired) electrons. The molecule has 0 aliphatic rings. The number of nitrogens with zero attached hydrogens (tertiary/aromatic N) is 4. The zero-order chi connectivity index (χ0) is 12.3. The van der Waals surface area contributed by atoms with Crippen molar-refractivity contribution in [3.8, 4) is 0 Å². The van der Waals surface area contributed by atoms with Crippen molar-refractivity contribution in [1.82, 2.24) is 19.5 Å². The Labute approximate surface area is 101 Å². The highest BCUT2D eigenvalue weighted by Gasteiger charge is 2.12. The van der Waals surface area contributed by atoms with Crippen LogP contribution in [0.25, 0.3) is 11.2 Å². The number of hydrogen-bond donors (Lipinski definition) is 0. The van der Waals surface area contributed by atoms with Crippen LogP contribution in [0.3, 0.4) is 0 Å². The van der Waals surface area contributed by atoms with Crippen molar-refractivity contribution in [2.24, 2.45) is 0 Å². The molecule has 0 aromatic carbocycles. The molecule has 2 heterocycles. The van der Waals surface area contributed by atoms with E-state index in [1.807, 2.05) is 18.4 Å². The van der Waals surface area contributed by atoms with Gasteiger partial charge in [0.2, 0.25) is 0 Å². The summed E-state index contributed by atoms with van der Waals surface area (Å²) in [5.74, 6) is 0. The number of aryl methyl sites for hydroxylation is 1. The van der Waals surface area contributed by atoms with Crippen LogP contribution in [0.5, 0.6) is 0 Å². The zero-order valence-electron chi connectivity index (χ0n) is 10.6. The van der Waals surface area contributed by atoms with Gasteiger partial charge in [0, 0.05) is 6.61 Å². The van der Waals surface area contributed by atoms with Gasteiger partial charge < -0.3 is 4.74 Å². The number of aromatic nitrogens is 4. The zero-order valence-corrected chi connectivity index (χ0v) is 10.6. The number of hydrogen-bond acceptors (Lipinski definition) is 4. The number of fused-ring (bicyclic) bond motifs is 1. The van der Waals surface area contributed by atoms with Gasteiger partial charge in [0.1, 0.15) is 18.1 Å². The lowest BCUT2D eigenvalue weighted by molar-refractivity contribution is 0.0171. The number of ether oxygens (including phenoxy) is 1. The molecule has 2 aromatic heterocycles. The van der Waals surface area contributed by atoms with Gasteiger partial charge in [0.05, 0.1) is 12.0 Å². The van der Waals surface area contributed by atoms with E-state index in [1.165, 1.54) is 0 Å². The first-order valence-electron chi connectivity index (χ1n) is 5.99. The predicted octanol–water partition coefficient (Wildman–Crippen LogP) is 2.47. The molecule has 0 aliphatic heterocycles. The maximum atomic E-state index is 5.74. The molecule has 0 fully saturated rings. The smallest absolute Gasteiger partial charge is 0.165 e. The van der Waals surface area contributed by atoms with E-state index in [-0.39, 0.29) is 6.23 Å². The van der Waals surface area contributed by atoms with Crippen molar-refractivity contribution >= 4 is 11.2 Å². The molecule has 5 nitrogen and oxygen atoms in total. The molecule has 17 heavy (non-hydrogen) atoms. The van der Waals surface area contributed by atoms with Gasteiger partial charge in [-0.15, -0.1) is 0 Å². The maximum absolute atomic E-state index is 5.74. The molecule has 0 N–H and O–H groups in total. The molecular formula is C12H18N4O. The fraction of sp³-hybridized carbons (Fsp3) is 0.583. The van der Waals surface area contributed by atoms with Crippen LogP contribution in [-0.4, -0.2) is 26.1 Å². The summed E-state index contributed by atoms with van der Waals surface area (Å²) < 4.78 is 7.68. The molecule has 0 amide bonds. The van der Waals surface area contributed by atoms with Crippen LogP contribution in [0, 0.1) is 6.92 Å². The molecule has 1 atom stereocenters. The summed E-state index contributed by atoms with van der Waals surface area (Å²) >= 11 is 0. The summed E-state index contributed by atoms with van der Waals surface area (Å²) in [5.41, 5.74) is 2.58. The van der Waals surface area contributed by atoms with Crippen LogP contribution >= 0.6 is 0 Å². The minimum Gasteiger partial charge on any atom is -0.358 e. The predicted molar refractivity (Wildman–Crippen MR) is 65.6 cm³/mol. The quantitative estimate of drug-likeness (QED) is 0.746. The van der Waals surface area contributed by atoms with Crippen LogP contribution in [-0.2, 0) is 4.74 Å². The van der Waals surface area contributed by atoms with Gasteiger partial charge in [-0.05, 0) is 20.3 Å². The topological polar surface area (TPSA) is 52.8 Å². The summed E-state index contributed by atoms with van der Waals surface area (Å²) in [6.07, 6.45) is 5.50. The molecule has 0 bridgehead atoms. The highest BCUT2D eigenvalue weighted by Crippen LogP contribution is 2.17. The van der Waals surface area contributed by atoms with E-state index in [9.17, 15) is 0 Å². The van der Waals surface area contributed by atoms with Gasteiger partial charge in [-0.3, -0.25) is 4.57 Å². The summed E-state index contributed by atoms with van der Waals surface area (Å²) in [7, 11) is 0. The van der Waals surface area contributed by atoms with Crippen LogP contribution in [0.2, 0.25) is 0 Å². The van der Waals surface area contributed by atoms with Gasteiger partial charge in [0.25, 0.3) is 0 Å². The van der Waals surface area contributed by atoms with Crippen molar-refractivity contribution in [3.05, 3.63) is 18.3 Å². The molecule has 0 saturated heterocycles. The average Bonchev–Trinajstić information content (AvgIpc) is 2.74. The maximum Gasteiger partial charge on any atom is 0.165 e. The second-order valence-electron chi connectivity index (χ2n) is 4.11. The van der Waals surface area contributed by atoms with Crippen molar-refractivity contribution in [2.75, 3.05) is 6.61 Å². The van der Waals surface area contributed by atoms with E-state index in [1.54, 1.807) is 12.7 Å². The molecule has 0 aliphatic carbocycles. The van der Waals surface area contributed by atoms with Crippen molar-refractivity contribution in [3.63, 3.8) is 0 Å². The minimum absolute atomic E-state index is 0.0409. The van der Waals surface area contributed by atoms with E-state index in [0.717, 1.165) is 36.3 Å². The minimum atomic E-state index is -0.0409. The van der Waals surface area contributed by atoms with Gasteiger partial charge in [-0.25, -0.2) is 15.0 Å². The lowest BCUT2D eigenvalue weighted by Gasteiger charge is -2.14. The van der Waals surface area contributed by atoms with E-state index in [0.29, 0.717) is 0 Å². The summed E-state index contributed by atoms with van der Waals surface area (Å²) in [6.45, 7) is 6.86. The first-order chi connectivity index (χ1) is 8.24. The molecule has 2 rings (SSSR count). The molecule has 5 heteroatoms. The number of imidazole rings is 1. The molecule has 0 spiro atoms. The highest BCUT2D eigenvalue weighted by molar-refractivity contribution is 5.72. The third-order valence-electron chi connectivity index (χ3n) is 2.79. The van der Waals surface area contributed by atoms with Crippen molar-refractivity contribution < 1.29 is 4.74 Å². The van der Waals surface area contributed by atoms with Gasteiger partial charge in [-0.2, -0.15) is 0 Å². The van der Waals surface area contributed by atoms with Gasteiger partial charge in [-0.1, -0.05) is 13.3 Å². The van der Waals surface area contributed by atoms with Crippen molar-refractivity contribution in [2.45, 2.75) is 39.8 Å². The van der Waals surface area contributed by atoms with E-state index >= 15 is 0 Å². The first kappa shape index (κ1) is 12.0. The molecule has 0 saturated carbocycles.